The molecule has 0 aliphatic carbocycles. The van der Waals surface area contributed by atoms with Gasteiger partial charge in [0.15, 0.2) is 5.71 Å². The van der Waals surface area contributed by atoms with E-state index in [2.05, 4.69) is 15.5 Å². The summed E-state index contributed by atoms with van der Waals surface area (Å²) in [5.41, 5.74) is 5.48. The minimum atomic E-state index is -0.229. The van der Waals surface area contributed by atoms with Crippen molar-refractivity contribution in [2.75, 3.05) is 19.6 Å². The smallest absolute Gasteiger partial charge is 0.215 e. The monoisotopic (exact) mass is 401 g/mol. The SMILES string of the molecule is COc1ccc(N=C(C)/C(=N\Nc2ccccc2)C(=O)c2ccccc2)c(OC)c1. The third kappa shape index (κ3) is 5.11. The molecule has 0 aromatic heterocycles. The highest BCUT2D eigenvalue weighted by Gasteiger charge is 2.18. The van der Waals surface area contributed by atoms with Crippen molar-refractivity contribution < 1.29 is 14.3 Å². The van der Waals surface area contributed by atoms with Crippen LogP contribution in [0, 0.1) is 0 Å². The highest BCUT2D eigenvalue weighted by atomic mass is 16.5. The number of Topliss-reactive ketones (excluding diaryl/α,β-unsaturated/α-hetero) is 1. The molecule has 0 unspecified atom stereocenters. The average molecular weight is 401 g/mol. The number of nitrogens with zero attached hydrogens (tertiary/aromatic N) is 2. The van der Waals surface area contributed by atoms with Crippen LogP contribution < -0.4 is 14.9 Å². The maximum absolute atomic E-state index is 13.1. The van der Waals surface area contributed by atoms with E-state index >= 15 is 0 Å². The van der Waals surface area contributed by atoms with Crippen LogP contribution in [-0.2, 0) is 0 Å². The van der Waals surface area contributed by atoms with Crippen molar-refractivity contribution in [2.45, 2.75) is 6.92 Å². The molecule has 30 heavy (non-hydrogen) atoms. The van der Waals surface area contributed by atoms with Gasteiger partial charge < -0.3 is 9.47 Å². The Bertz CT molecular complexity index is 1060. The van der Waals surface area contributed by atoms with Gasteiger partial charge in [-0.3, -0.25) is 10.2 Å². The predicted octanol–water partition coefficient (Wildman–Crippen LogP) is 5.15. The third-order valence-electron chi connectivity index (χ3n) is 4.34. The molecule has 0 aliphatic rings. The zero-order valence-electron chi connectivity index (χ0n) is 17.1. The Labute approximate surface area is 175 Å². The van der Waals surface area contributed by atoms with Gasteiger partial charge in [0.2, 0.25) is 5.78 Å². The second-order valence-corrected chi connectivity index (χ2v) is 6.37. The molecule has 0 bridgehead atoms. The quantitative estimate of drug-likeness (QED) is 0.322. The lowest BCUT2D eigenvalue weighted by Gasteiger charge is -2.10. The summed E-state index contributed by atoms with van der Waals surface area (Å²) in [5, 5.41) is 4.38. The van der Waals surface area contributed by atoms with E-state index in [4.69, 9.17) is 9.47 Å². The number of nitrogens with one attached hydrogen (secondary N) is 1. The highest BCUT2D eigenvalue weighted by Crippen LogP contribution is 2.31. The maximum Gasteiger partial charge on any atom is 0.215 e. The van der Waals surface area contributed by atoms with Crippen molar-refractivity contribution in [3.63, 3.8) is 0 Å². The number of benzene rings is 3. The molecule has 0 atom stereocenters. The molecule has 0 saturated heterocycles. The first kappa shape index (κ1) is 20.8. The van der Waals surface area contributed by atoms with E-state index in [0.29, 0.717) is 28.5 Å². The molecule has 0 saturated carbocycles. The normalized spacial score (nSPS) is 11.7. The number of anilines is 1. The number of hydrogen-bond donors (Lipinski definition) is 1. The number of ether oxygens (including phenoxy) is 2. The van der Waals surface area contributed by atoms with Crippen molar-refractivity contribution >= 4 is 28.6 Å². The lowest BCUT2D eigenvalue weighted by Crippen LogP contribution is -2.23. The molecule has 6 nitrogen and oxygen atoms in total. The number of hydrogen-bond acceptors (Lipinski definition) is 6. The van der Waals surface area contributed by atoms with Crippen molar-refractivity contribution in [2.24, 2.45) is 10.1 Å². The van der Waals surface area contributed by atoms with E-state index in [-0.39, 0.29) is 11.5 Å². The fourth-order valence-electron chi connectivity index (χ4n) is 2.77. The van der Waals surface area contributed by atoms with Crippen LogP contribution in [0.5, 0.6) is 11.5 Å². The maximum atomic E-state index is 13.1. The van der Waals surface area contributed by atoms with Gasteiger partial charge in [-0.2, -0.15) is 5.10 Å². The summed E-state index contributed by atoms with van der Waals surface area (Å²) in [4.78, 5) is 17.8. The summed E-state index contributed by atoms with van der Waals surface area (Å²) in [6.07, 6.45) is 0. The number of carbonyl (C=O) groups excluding carboxylic acids is 1. The van der Waals surface area contributed by atoms with Crippen LogP contribution in [0.2, 0.25) is 0 Å². The molecule has 3 rings (SSSR count). The molecule has 0 aliphatic heterocycles. The Morgan fingerprint density at radius 1 is 0.867 bits per heavy atom. The lowest BCUT2D eigenvalue weighted by atomic mass is 10.0. The number of aliphatic imine (C=N–C) groups is 1. The van der Waals surface area contributed by atoms with Gasteiger partial charge in [-0.05, 0) is 31.2 Å². The Morgan fingerprint density at radius 2 is 1.53 bits per heavy atom. The van der Waals surface area contributed by atoms with Crippen LogP contribution in [-0.4, -0.2) is 31.4 Å². The van der Waals surface area contributed by atoms with E-state index in [1.54, 1.807) is 51.5 Å². The van der Waals surface area contributed by atoms with Gasteiger partial charge >= 0.3 is 0 Å². The van der Waals surface area contributed by atoms with Gasteiger partial charge in [0.25, 0.3) is 0 Å². The van der Waals surface area contributed by atoms with Crippen LogP contribution in [0.3, 0.4) is 0 Å². The number of methoxy groups -OCH3 is 2. The standard InChI is InChI=1S/C24H23N3O3/c1-17(25-21-15-14-20(29-2)16-22(21)30-3)23(24(28)18-10-6-4-7-11-18)27-26-19-12-8-5-9-13-19/h4-16,26H,1-3H3/b25-17?,27-23+. The van der Waals surface area contributed by atoms with Crippen LogP contribution >= 0.6 is 0 Å². The van der Waals surface area contributed by atoms with Gasteiger partial charge in [-0.1, -0.05) is 48.5 Å². The Hall–Kier alpha value is -3.93. The van der Waals surface area contributed by atoms with Crippen molar-refractivity contribution in [3.05, 3.63) is 84.4 Å². The average Bonchev–Trinajstić information content (AvgIpc) is 2.80. The summed E-state index contributed by atoms with van der Waals surface area (Å²) in [7, 11) is 3.14. The minimum absolute atomic E-state index is 0.211. The Balaban J connectivity index is 2.00. The summed E-state index contributed by atoms with van der Waals surface area (Å²) in [6, 6.07) is 23.7. The van der Waals surface area contributed by atoms with E-state index < -0.39 is 0 Å². The first-order valence-electron chi connectivity index (χ1n) is 9.38. The molecular formula is C24H23N3O3. The van der Waals surface area contributed by atoms with Gasteiger partial charge in [0, 0.05) is 11.6 Å². The molecule has 3 aromatic rings. The van der Waals surface area contributed by atoms with E-state index in [1.807, 2.05) is 48.5 Å². The summed E-state index contributed by atoms with van der Waals surface area (Å²) >= 11 is 0. The predicted molar refractivity (Wildman–Crippen MR) is 121 cm³/mol. The van der Waals surface area contributed by atoms with Crippen LogP contribution in [0.4, 0.5) is 11.4 Å². The van der Waals surface area contributed by atoms with E-state index in [9.17, 15) is 4.79 Å². The number of rotatable bonds is 8. The molecule has 0 heterocycles. The fourth-order valence-corrected chi connectivity index (χ4v) is 2.77. The van der Waals surface area contributed by atoms with Gasteiger partial charge in [-0.15, -0.1) is 0 Å². The number of ketones is 1. The Morgan fingerprint density at radius 3 is 2.17 bits per heavy atom. The molecule has 0 amide bonds. The largest absolute Gasteiger partial charge is 0.497 e. The van der Waals surface area contributed by atoms with Crippen LogP contribution in [0.15, 0.2) is 89.0 Å². The number of para-hydroxylation sites is 1. The molecule has 6 heteroatoms. The first-order chi connectivity index (χ1) is 14.6. The molecule has 0 spiro atoms. The lowest BCUT2D eigenvalue weighted by molar-refractivity contribution is 0.106. The van der Waals surface area contributed by atoms with Gasteiger partial charge in [0.05, 0.1) is 25.6 Å². The molecule has 1 N–H and O–H groups in total. The zero-order chi connectivity index (χ0) is 21.3. The number of hydrazone groups is 1. The summed E-state index contributed by atoms with van der Waals surface area (Å²) < 4.78 is 10.6. The van der Waals surface area contributed by atoms with Crippen LogP contribution in [0.1, 0.15) is 17.3 Å². The van der Waals surface area contributed by atoms with Crippen molar-refractivity contribution in [1.29, 1.82) is 0 Å². The topological polar surface area (TPSA) is 72.3 Å². The van der Waals surface area contributed by atoms with Gasteiger partial charge in [0.1, 0.15) is 17.2 Å². The summed E-state index contributed by atoms with van der Waals surface area (Å²) in [6.45, 7) is 1.75. The molecule has 0 radical (unpaired) electrons. The first-order valence-corrected chi connectivity index (χ1v) is 9.38. The van der Waals surface area contributed by atoms with Crippen LogP contribution in [0.25, 0.3) is 0 Å². The second kappa shape index (κ2) is 10.0. The van der Waals surface area contributed by atoms with Crippen molar-refractivity contribution in [1.82, 2.24) is 0 Å². The molecule has 152 valence electrons. The third-order valence-corrected chi connectivity index (χ3v) is 4.34. The van der Waals surface area contributed by atoms with Gasteiger partial charge in [-0.25, -0.2) is 4.99 Å². The van der Waals surface area contributed by atoms with Crippen molar-refractivity contribution in [3.8, 4) is 11.5 Å². The highest BCUT2D eigenvalue weighted by molar-refractivity contribution is 6.70. The molecule has 0 fully saturated rings. The van der Waals surface area contributed by atoms with E-state index in [0.717, 1.165) is 5.69 Å². The summed E-state index contributed by atoms with van der Waals surface area (Å²) in [5.74, 6) is 0.965. The zero-order valence-corrected chi connectivity index (χ0v) is 17.1. The van der Waals surface area contributed by atoms with E-state index in [1.165, 1.54) is 0 Å². The fraction of sp³-hybridized carbons (Fsp3) is 0.125. The second-order valence-electron chi connectivity index (χ2n) is 6.37. The molecule has 3 aromatic carbocycles. The molecular weight excluding hydrogens is 378 g/mol. The Kier molecular flexibility index (Phi) is 6.95. The number of carbonyl (C=O) groups is 1. The minimum Gasteiger partial charge on any atom is -0.497 e.